The summed E-state index contributed by atoms with van der Waals surface area (Å²) in [5.74, 6) is 1.90. The van der Waals surface area contributed by atoms with Gasteiger partial charge in [0.15, 0.2) is 17.6 Å². The Bertz CT molecular complexity index is 756. The molecule has 0 fully saturated rings. The van der Waals surface area contributed by atoms with E-state index in [0.717, 1.165) is 5.56 Å². The summed E-state index contributed by atoms with van der Waals surface area (Å²) in [4.78, 5) is 12.5. The van der Waals surface area contributed by atoms with Gasteiger partial charge in [-0.1, -0.05) is 24.6 Å². The van der Waals surface area contributed by atoms with Crippen molar-refractivity contribution in [3.05, 3.63) is 47.0 Å². The van der Waals surface area contributed by atoms with Crippen molar-refractivity contribution in [2.45, 2.75) is 26.0 Å². The molecule has 0 bridgehead atoms. The minimum Gasteiger partial charge on any atom is -0.493 e. The highest BCUT2D eigenvalue weighted by Crippen LogP contribution is 2.38. The van der Waals surface area contributed by atoms with Crippen LogP contribution in [0, 0.1) is 0 Å². The summed E-state index contributed by atoms with van der Waals surface area (Å²) in [6, 6.07) is 10.6. The van der Waals surface area contributed by atoms with Crippen LogP contribution in [0.2, 0.25) is 5.02 Å². The molecule has 0 saturated carbocycles. The van der Waals surface area contributed by atoms with Crippen LogP contribution >= 0.6 is 11.6 Å². The van der Waals surface area contributed by atoms with Gasteiger partial charge >= 0.3 is 0 Å². The number of hydrogen-bond acceptors (Lipinski definition) is 5. The lowest BCUT2D eigenvalue weighted by Crippen LogP contribution is -2.37. The average molecular weight is 394 g/mol. The maximum atomic E-state index is 12.5. The van der Waals surface area contributed by atoms with Gasteiger partial charge in [0.25, 0.3) is 5.91 Å². The van der Waals surface area contributed by atoms with E-state index in [2.05, 4.69) is 5.32 Å². The molecule has 0 aliphatic rings. The first kappa shape index (κ1) is 20.7. The number of hydrogen-bond donors (Lipinski definition) is 1. The van der Waals surface area contributed by atoms with Crippen LogP contribution in [-0.4, -0.2) is 33.3 Å². The highest BCUT2D eigenvalue weighted by molar-refractivity contribution is 6.30. The van der Waals surface area contributed by atoms with Gasteiger partial charge in [-0.3, -0.25) is 4.79 Å². The standard InChI is InChI=1S/C20H24ClNO5/c1-5-16(27-15-8-6-7-14(21)11-15)20(23)22-12-13-9-17(24-2)19(26-4)18(10-13)25-3/h6-11,16H,5,12H2,1-4H3,(H,22,23)/t16-/m0/s1. The van der Waals surface area contributed by atoms with Gasteiger partial charge in [-0.25, -0.2) is 0 Å². The summed E-state index contributed by atoms with van der Waals surface area (Å²) in [6.45, 7) is 2.18. The SMILES string of the molecule is CC[C@H](Oc1cccc(Cl)c1)C(=O)NCc1cc(OC)c(OC)c(OC)c1. The Hall–Kier alpha value is -2.60. The maximum Gasteiger partial charge on any atom is 0.261 e. The summed E-state index contributed by atoms with van der Waals surface area (Å²) in [7, 11) is 4.64. The minimum absolute atomic E-state index is 0.216. The summed E-state index contributed by atoms with van der Waals surface area (Å²) < 4.78 is 21.7. The second kappa shape index (κ2) is 9.92. The zero-order valence-electron chi connectivity index (χ0n) is 15.9. The van der Waals surface area contributed by atoms with Gasteiger partial charge < -0.3 is 24.3 Å². The molecule has 0 unspecified atom stereocenters. The van der Waals surface area contributed by atoms with Gasteiger partial charge in [-0.15, -0.1) is 0 Å². The number of carbonyl (C=O) groups is 1. The molecule has 2 aromatic carbocycles. The number of amides is 1. The van der Waals surface area contributed by atoms with Crippen molar-refractivity contribution in [1.82, 2.24) is 5.32 Å². The molecule has 2 rings (SSSR count). The normalized spacial score (nSPS) is 11.4. The molecule has 0 aromatic heterocycles. The number of halogens is 1. The second-order valence-corrected chi connectivity index (χ2v) is 6.16. The molecule has 2 aromatic rings. The monoisotopic (exact) mass is 393 g/mol. The van der Waals surface area contributed by atoms with Crippen LogP contribution in [0.4, 0.5) is 0 Å². The zero-order chi connectivity index (χ0) is 19.8. The van der Waals surface area contributed by atoms with Crippen LogP contribution in [0.15, 0.2) is 36.4 Å². The molecule has 0 saturated heterocycles. The first-order valence-corrected chi connectivity index (χ1v) is 8.89. The molecule has 1 amide bonds. The predicted octanol–water partition coefficient (Wildman–Crippen LogP) is 3.84. The third-order valence-electron chi connectivity index (χ3n) is 3.93. The Morgan fingerprint density at radius 2 is 1.74 bits per heavy atom. The van der Waals surface area contributed by atoms with E-state index in [1.807, 2.05) is 6.92 Å². The number of rotatable bonds is 9. The van der Waals surface area contributed by atoms with Crippen LogP contribution in [0.5, 0.6) is 23.0 Å². The lowest BCUT2D eigenvalue weighted by atomic mass is 10.1. The van der Waals surface area contributed by atoms with Gasteiger partial charge in [0.1, 0.15) is 5.75 Å². The molecule has 1 N–H and O–H groups in total. The predicted molar refractivity (Wildman–Crippen MR) is 104 cm³/mol. The molecule has 27 heavy (non-hydrogen) atoms. The van der Waals surface area contributed by atoms with Crippen LogP contribution in [0.25, 0.3) is 0 Å². The Labute approximate surface area is 164 Å². The molecular weight excluding hydrogens is 370 g/mol. The number of methoxy groups -OCH3 is 3. The van der Waals surface area contributed by atoms with E-state index in [4.69, 9.17) is 30.5 Å². The molecule has 6 nitrogen and oxygen atoms in total. The van der Waals surface area contributed by atoms with Crippen molar-refractivity contribution in [3.8, 4) is 23.0 Å². The third kappa shape index (κ3) is 5.44. The Balaban J connectivity index is 2.07. The average Bonchev–Trinajstić information content (AvgIpc) is 2.69. The molecule has 146 valence electrons. The van der Waals surface area contributed by atoms with Crippen molar-refractivity contribution in [3.63, 3.8) is 0 Å². The first-order chi connectivity index (χ1) is 13.0. The molecule has 0 aliphatic carbocycles. The second-order valence-electron chi connectivity index (χ2n) is 5.72. The molecule has 0 aliphatic heterocycles. The van der Waals surface area contributed by atoms with E-state index in [1.54, 1.807) is 57.7 Å². The maximum absolute atomic E-state index is 12.5. The lowest BCUT2D eigenvalue weighted by molar-refractivity contribution is -0.128. The topological polar surface area (TPSA) is 66.0 Å². The van der Waals surface area contributed by atoms with Crippen LogP contribution in [-0.2, 0) is 11.3 Å². The summed E-state index contributed by atoms with van der Waals surface area (Å²) in [6.07, 6.45) is -0.0985. The number of ether oxygens (including phenoxy) is 4. The van der Waals surface area contributed by atoms with Crippen molar-refractivity contribution >= 4 is 17.5 Å². The van der Waals surface area contributed by atoms with Crippen molar-refractivity contribution in [2.24, 2.45) is 0 Å². The fraction of sp³-hybridized carbons (Fsp3) is 0.350. The van der Waals surface area contributed by atoms with E-state index in [-0.39, 0.29) is 5.91 Å². The van der Waals surface area contributed by atoms with Crippen LogP contribution < -0.4 is 24.3 Å². The van der Waals surface area contributed by atoms with E-state index in [0.29, 0.717) is 41.0 Å². The van der Waals surface area contributed by atoms with E-state index < -0.39 is 6.10 Å². The van der Waals surface area contributed by atoms with Crippen molar-refractivity contribution in [1.29, 1.82) is 0 Å². The van der Waals surface area contributed by atoms with Crippen molar-refractivity contribution < 1.29 is 23.7 Å². The number of nitrogens with one attached hydrogen (secondary N) is 1. The quantitative estimate of drug-likeness (QED) is 0.701. The molecule has 1 atom stereocenters. The molecule has 7 heteroatoms. The van der Waals surface area contributed by atoms with Crippen LogP contribution in [0.1, 0.15) is 18.9 Å². The Kier molecular flexibility index (Phi) is 7.61. The van der Waals surface area contributed by atoms with Gasteiger partial charge in [0.2, 0.25) is 5.75 Å². The molecular formula is C20H24ClNO5. The minimum atomic E-state index is -0.620. The Morgan fingerprint density at radius 3 is 2.26 bits per heavy atom. The number of carbonyl (C=O) groups excluding carboxylic acids is 1. The summed E-state index contributed by atoms with van der Waals surface area (Å²) in [5, 5.41) is 3.43. The third-order valence-corrected chi connectivity index (χ3v) is 4.16. The molecule has 0 radical (unpaired) electrons. The summed E-state index contributed by atoms with van der Waals surface area (Å²) in [5.41, 5.74) is 0.815. The van der Waals surface area contributed by atoms with Crippen LogP contribution in [0.3, 0.4) is 0 Å². The van der Waals surface area contributed by atoms with E-state index >= 15 is 0 Å². The van der Waals surface area contributed by atoms with Crippen molar-refractivity contribution in [2.75, 3.05) is 21.3 Å². The fourth-order valence-electron chi connectivity index (χ4n) is 2.57. The van der Waals surface area contributed by atoms with E-state index in [1.165, 1.54) is 0 Å². The zero-order valence-corrected chi connectivity index (χ0v) is 16.6. The number of benzene rings is 2. The summed E-state index contributed by atoms with van der Waals surface area (Å²) >= 11 is 5.96. The van der Waals surface area contributed by atoms with Gasteiger partial charge in [0.05, 0.1) is 21.3 Å². The van der Waals surface area contributed by atoms with E-state index in [9.17, 15) is 4.79 Å². The molecule has 0 heterocycles. The first-order valence-electron chi connectivity index (χ1n) is 8.51. The highest BCUT2D eigenvalue weighted by Gasteiger charge is 2.19. The largest absolute Gasteiger partial charge is 0.493 e. The fourth-order valence-corrected chi connectivity index (χ4v) is 2.75. The van der Waals surface area contributed by atoms with Gasteiger partial charge in [0, 0.05) is 11.6 Å². The lowest BCUT2D eigenvalue weighted by Gasteiger charge is -2.18. The van der Waals surface area contributed by atoms with Gasteiger partial charge in [-0.2, -0.15) is 0 Å². The Morgan fingerprint density at radius 1 is 1.07 bits per heavy atom. The van der Waals surface area contributed by atoms with Gasteiger partial charge in [-0.05, 0) is 42.3 Å². The molecule has 0 spiro atoms. The highest BCUT2D eigenvalue weighted by atomic mass is 35.5. The smallest absolute Gasteiger partial charge is 0.261 e.